The van der Waals surface area contributed by atoms with Crippen molar-refractivity contribution in [3.8, 4) is 0 Å². The molecule has 0 aliphatic heterocycles. The third-order valence-corrected chi connectivity index (χ3v) is 3.45. The minimum absolute atomic E-state index is 0.0106. The number of carbonyl (C=O) groups excluding carboxylic acids is 1. The van der Waals surface area contributed by atoms with Crippen LogP contribution in [-0.2, 0) is 9.53 Å². The van der Waals surface area contributed by atoms with Gasteiger partial charge >= 0.3 is 0 Å². The molecule has 2 unspecified atom stereocenters. The first-order valence-electron chi connectivity index (χ1n) is 6.67. The van der Waals surface area contributed by atoms with Crippen molar-refractivity contribution < 1.29 is 9.53 Å². The summed E-state index contributed by atoms with van der Waals surface area (Å²) < 4.78 is 5.73. The zero-order valence-corrected chi connectivity index (χ0v) is 11.5. The zero-order valence-electron chi connectivity index (χ0n) is 11.5. The lowest BCUT2D eigenvalue weighted by atomic mass is 9.82. The van der Waals surface area contributed by atoms with Crippen LogP contribution >= 0.6 is 0 Å². The third kappa shape index (κ3) is 4.64. The van der Waals surface area contributed by atoms with Gasteiger partial charge in [0.1, 0.15) is 6.10 Å². The Morgan fingerprint density at radius 3 is 2.59 bits per heavy atom. The van der Waals surface area contributed by atoms with E-state index in [1.54, 1.807) is 0 Å². The highest BCUT2D eigenvalue weighted by Crippen LogP contribution is 2.30. The second-order valence-electron chi connectivity index (χ2n) is 5.11. The first-order chi connectivity index (χ1) is 8.06. The van der Waals surface area contributed by atoms with E-state index in [9.17, 15) is 4.79 Å². The summed E-state index contributed by atoms with van der Waals surface area (Å²) in [6.07, 6.45) is 3.03. The van der Waals surface area contributed by atoms with Crippen LogP contribution in [0.4, 0.5) is 0 Å². The summed E-state index contributed by atoms with van der Waals surface area (Å²) in [6.45, 7) is 6.96. The topological polar surface area (TPSA) is 50.4 Å². The monoisotopic (exact) mass is 242 g/mol. The van der Waals surface area contributed by atoms with Gasteiger partial charge in [-0.3, -0.25) is 4.79 Å². The maximum atomic E-state index is 11.7. The van der Waals surface area contributed by atoms with E-state index < -0.39 is 0 Å². The quantitative estimate of drug-likeness (QED) is 0.707. The fraction of sp³-hybridized carbons (Fsp3) is 0.923. The van der Waals surface area contributed by atoms with E-state index in [0.29, 0.717) is 0 Å². The predicted molar refractivity (Wildman–Crippen MR) is 68.9 cm³/mol. The molecule has 100 valence electrons. The number of nitrogens with one attached hydrogen (secondary N) is 2. The molecule has 0 radical (unpaired) electrons. The first kappa shape index (κ1) is 14.5. The summed E-state index contributed by atoms with van der Waals surface area (Å²) in [5.41, 5.74) is 0. The molecule has 1 aliphatic rings. The Labute approximate surface area is 104 Å². The highest BCUT2D eigenvalue weighted by molar-refractivity contribution is 5.80. The van der Waals surface area contributed by atoms with Crippen LogP contribution in [0.3, 0.4) is 0 Å². The summed E-state index contributed by atoms with van der Waals surface area (Å²) in [7, 11) is 1.97. The van der Waals surface area contributed by atoms with Gasteiger partial charge in [-0.15, -0.1) is 0 Å². The van der Waals surface area contributed by atoms with Gasteiger partial charge in [0.15, 0.2) is 0 Å². The van der Waals surface area contributed by atoms with Crippen molar-refractivity contribution in [2.75, 3.05) is 13.6 Å². The Balaban J connectivity index is 2.17. The molecule has 1 amide bonds. The molecule has 1 rings (SSSR count). The Hall–Kier alpha value is -0.610. The summed E-state index contributed by atoms with van der Waals surface area (Å²) in [6, 6.07) is 0.229. The van der Waals surface area contributed by atoms with Gasteiger partial charge in [0.05, 0.1) is 6.10 Å². The molecule has 0 aromatic carbocycles. The number of rotatable bonds is 7. The molecule has 0 saturated heterocycles. The summed E-state index contributed by atoms with van der Waals surface area (Å²) in [5, 5.41) is 6.11. The highest BCUT2D eigenvalue weighted by atomic mass is 16.5. The summed E-state index contributed by atoms with van der Waals surface area (Å²) in [4.78, 5) is 11.7. The fourth-order valence-electron chi connectivity index (χ4n) is 2.05. The number of ether oxygens (including phenoxy) is 1. The highest BCUT2D eigenvalue weighted by Gasteiger charge is 2.31. The lowest BCUT2D eigenvalue weighted by molar-refractivity contribution is -0.141. The van der Waals surface area contributed by atoms with Crippen molar-refractivity contribution in [1.82, 2.24) is 10.6 Å². The van der Waals surface area contributed by atoms with E-state index in [0.717, 1.165) is 31.7 Å². The van der Waals surface area contributed by atoms with E-state index in [-0.39, 0.29) is 24.2 Å². The van der Waals surface area contributed by atoms with Crippen LogP contribution < -0.4 is 10.6 Å². The van der Waals surface area contributed by atoms with E-state index in [4.69, 9.17) is 4.74 Å². The van der Waals surface area contributed by atoms with Gasteiger partial charge in [0.2, 0.25) is 5.91 Å². The molecule has 0 spiro atoms. The minimum atomic E-state index is -0.329. The lowest BCUT2D eigenvalue weighted by Gasteiger charge is -2.36. The molecule has 2 atom stereocenters. The molecule has 17 heavy (non-hydrogen) atoms. The molecular formula is C13H26N2O2. The SMILES string of the molecule is CCC(C)NC(=O)C(C)OC1CC(CNC)C1. The first-order valence-corrected chi connectivity index (χ1v) is 6.67. The number of hydrogen-bond donors (Lipinski definition) is 2. The van der Waals surface area contributed by atoms with Crippen molar-refractivity contribution in [2.45, 2.75) is 58.3 Å². The van der Waals surface area contributed by atoms with Gasteiger partial charge in [-0.1, -0.05) is 6.92 Å². The smallest absolute Gasteiger partial charge is 0.249 e. The van der Waals surface area contributed by atoms with Gasteiger partial charge < -0.3 is 15.4 Å². The molecule has 4 heteroatoms. The molecule has 0 heterocycles. The van der Waals surface area contributed by atoms with Crippen molar-refractivity contribution in [2.24, 2.45) is 5.92 Å². The predicted octanol–water partition coefficient (Wildman–Crippen LogP) is 1.30. The van der Waals surface area contributed by atoms with Crippen LogP contribution in [-0.4, -0.2) is 37.7 Å². The van der Waals surface area contributed by atoms with Gasteiger partial charge in [0, 0.05) is 6.04 Å². The Morgan fingerprint density at radius 1 is 1.41 bits per heavy atom. The van der Waals surface area contributed by atoms with Crippen molar-refractivity contribution in [3.63, 3.8) is 0 Å². The third-order valence-electron chi connectivity index (χ3n) is 3.45. The molecule has 1 aliphatic carbocycles. The second kappa shape index (κ2) is 6.97. The lowest BCUT2D eigenvalue weighted by Crippen LogP contribution is -2.44. The maximum absolute atomic E-state index is 11.7. The Morgan fingerprint density at radius 2 is 2.06 bits per heavy atom. The maximum Gasteiger partial charge on any atom is 0.249 e. The van der Waals surface area contributed by atoms with E-state index in [1.807, 2.05) is 20.9 Å². The van der Waals surface area contributed by atoms with E-state index in [2.05, 4.69) is 17.6 Å². The van der Waals surface area contributed by atoms with Crippen LogP contribution in [0.1, 0.15) is 40.0 Å². The van der Waals surface area contributed by atoms with Gasteiger partial charge in [-0.25, -0.2) is 0 Å². The van der Waals surface area contributed by atoms with Gasteiger partial charge in [-0.2, -0.15) is 0 Å². The van der Waals surface area contributed by atoms with Crippen molar-refractivity contribution in [3.05, 3.63) is 0 Å². The summed E-state index contributed by atoms with van der Waals surface area (Å²) >= 11 is 0. The number of carbonyl (C=O) groups is 1. The zero-order chi connectivity index (χ0) is 12.8. The second-order valence-corrected chi connectivity index (χ2v) is 5.11. The molecular weight excluding hydrogens is 216 g/mol. The van der Waals surface area contributed by atoms with Crippen LogP contribution in [0.25, 0.3) is 0 Å². The van der Waals surface area contributed by atoms with Crippen LogP contribution in [0.15, 0.2) is 0 Å². The molecule has 0 aromatic heterocycles. The number of hydrogen-bond acceptors (Lipinski definition) is 3. The molecule has 4 nitrogen and oxygen atoms in total. The van der Waals surface area contributed by atoms with Crippen LogP contribution in [0, 0.1) is 5.92 Å². The number of amides is 1. The standard InChI is InChI=1S/C13H26N2O2/c1-5-9(2)15-13(16)10(3)17-12-6-11(7-12)8-14-4/h9-12,14H,5-8H2,1-4H3,(H,15,16). The Kier molecular flexibility index (Phi) is 5.92. The molecule has 1 saturated carbocycles. The van der Waals surface area contributed by atoms with E-state index in [1.165, 1.54) is 0 Å². The van der Waals surface area contributed by atoms with E-state index >= 15 is 0 Å². The average molecular weight is 242 g/mol. The fourth-order valence-corrected chi connectivity index (χ4v) is 2.05. The van der Waals surface area contributed by atoms with Gasteiger partial charge in [0.25, 0.3) is 0 Å². The van der Waals surface area contributed by atoms with Gasteiger partial charge in [-0.05, 0) is 52.6 Å². The minimum Gasteiger partial charge on any atom is -0.365 e. The van der Waals surface area contributed by atoms with Crippen LogP contribution in [0.5, 0.6) is 0 Å². The van der Waals surface area contributed by atoms with Crippen molar-refractivity contribution in [1.29, 1.82) is 0 Å². The Bertz CT molecular complexity index is 240. The normalized spacial score (nSPS) is 27.1. The molecule has 1 fully saturated rings. The molecule has 0 aromatic rings. The molecule has 0 bridgehead atoms. The van der Waals surface area contributed by atoms with Crippen LogP contribution in [0.2, 0.25) is 0 Å². The largest absolute Gasteiger partial charge is 0.365 e. The van der Waals surface area contributed by atoms with Crippen molar-refractivity contribution >= 4 is 5.91 Å². The molecule has 2 N–H and O–H groups in total. The average Bonchev–Trinajstić information content (AvgIpc) is 2.25. The summed E-state index contributed by atoms with van der Waals surface area (Å²) in [5.74, 6) is 0.728.